The fraction of sp³-hybridized carbons (Fsp3) is 0.500. The predicted octanol–water partition coefficient (Wildman–Crippen LogP) is 2.27. The summed E-state index contributed by atoms with van der Waals surface area (Å²) < 4.78 is 23.3. The van der Waals surface area contributed by atoms with E-state index in [9.17, 15) is 9.18 Å². The van der Waals surface area contributed by atoms with Crippen LogP contribution >= 0.6 is 0 Å². The second-order valence-corrected chi connectivity index (χ2v) is 4.21. The summed E-state index contributed by atoms with van der Waals surface area (Å²) in [7, 11) is 1.30. The predicted molar refractivity (Wildman–Crippen MR) is 70.5 cm³/mol. The van der Waals surface area contributed by atoms with Gasteiger partial charge in [0.2, 0.25) is 0 Å². The normalized spacial score (nSPS) is 12.0. The number of esters is 1. The number of methoxy groups -OCH3 is 1. The quantitative estimate of drug-likeness (QED) is 0.609. The zero-order chi connectivity index (χ0) is 14.3. The molecule has 0 bridgehead atoms. The Hall–Kier alpha value is -1.62. The lowest BCUT2D eigenvalue weighted by atomic mass is 10.2. The van der Waals surface area contributed by atoms with Crippen LogP contribution in [0, 0.1) is 5.82 Å². The van der Waals surface area contributed by atoms with Gasteiger partial charge in [0.1, 0.15) is 11.6 Å². The molecule has 0 saturated carbocycles. The average Bonchev–Trinajstić information content (AvgIpc) is 2.40. The van der Waals surface area contributed by atoms with Gasteiger partial charge in [-0.1, -0.05) is 6.92 Å². The Bertz CT molecular complexity index is 423. The molecule has 4 nitrogen and oxygen atoms in total. The first-order valence-corrected chi connectivity index (χ1v) is 6.32. The van der Waals surface area contributed by atoms with E-state index in [0.717, 1.165) is 13.0 Å². The van der Waals surface area contributed by atoms with Gasteiger partial charge in [0, 0.05) is 12.1 Å². The molecule has 1 aromatic rings. The summed E-state index contributed by atoms with van der Waals surface area (Å²) in [6.45, 7) is 4.98. The van der Waals surface area contributed by atoms with Gasteiger partial charge in [0.25, 0.3) is 0 Å². The molecule has 19 heavy (non-hydrogen) atoms. The topological polar surface area (TPSA) is 47.6 Å². The van der Waals surface area contributed by atoms with Gasteiger partial charge < -0.3 is 14.8 Å². The van der Waals surface area contributed by atoms with Gasteiger partial charge in [0.05, 0.1) is 7.11 Å². The zero-order valence-corrected chi connectivity index (χ0v) is 11.5. The summed E-state index contributed by atoms with van der Waals surface area (Å²) in [6.07, 6.45) is 0.268. The molecule has 0 aliphatic carbocycles. The Balaban J connectivity index is 2.78. The molecule has 0 heterocycles. The highest BCUT2D eigenvalue weighted by atomic mass is 19.1. The first-order chi connectivity index (χ1) is 9.08. The molecule has 1 N–H and O–H groups in total. The molecule has 0 fully saturated rings. The van der Waals surface area contributed by atoms with Gasteiger partial charge in [0.15, 0.2) is 6.10 Å². The van der Waals surface area contributed by atoms with Crippen LogP contribution in [-0.4, -0.2) is 25.7 Å². The Morgan fingerprint density at radius 3 is 2.84 bits per heavy atom. The molecule has 1 unspecified atom stereocenters. The van der Waals surface area contributed by atoms with Gasteiger partial charge in [-0.2, -0.15) is 0 Å². The lowest BCUT2D eigenvalue weighted by Crippen LogP contribution is -2.26. The SMILES string of the molecule is CCCNCc1cc(F)ccc1OC(C)C(=O)OC. The van der Waals surface area contributed by atoms with Crippen LogP contribution in [0.4, 0.5) is 4.39 Å². The van der Waals surface area contributed by atoms with E-state index in [2.05, 4.69) is 17.0 Å². The molecular formula is C14H20FNO3. The number of rotatable bonds is 7. The van der Waals surface area contributed by atoms with Crippen LogP contribution in [0.3, 0.4) is 0 Å². The monoisotopic (exact) mass is 269 g/mol. The van der Waals surface area contributed by atoms with Crippen LogP contribution in [0.25, 0.3) is 0 Å². The van der Waals surface area contributed by atoms with Crippen molar-refractivity contribution in [3.63, 3.8) is 0 Å². The van der Waals surface area contributed by atoms with E-state index in [4.69, 9.17) is 4.74 Å². The Morgan fingerprint density at radius 1 is 1.47 bits per heavy atom. The number of carbonyl (C=O) groups excluding carboxylic acids is 1. The summed E-state index contributed by atoms with van der Waals surface area (Å²) in [5.41, 5.74) is 0.684. The molecule has 0 aromatic heterocycles. The number of ether oxygens (including phenoxy) is 2. The zero-order valence-electron chi connectivity index (χ0n) is 11.5. The van der Waals surface area contributed by atoms with Crippen molar-refractivity contribution in [3.8, 4) is 5.75 Å². The van der Waals surface area contributed by atoms with E-state index in [1.165, 1.54) is 25.3 Å². The summed E-state index contributed by atoms with van der Waals surface area (Å²) >= 11 is 0. The Kier molecular flexibility index (Phi) is 6.29. The Morgan fingerprint density at radius 2 is 2.21 bits per heavy atom. The van der Waals surface area contributed by atoms with Gasteiger partial charge in [-0.05, 0) is 38.1 Å². The molecule has 0 radical (unpaired) electrons. The summed E-state index contributed by atoms with van der Waals surface area (Å²) in [5.74, 6) is -0.300. The van der Waals surface area contributed by atoms with E-state index in [-0.39, 0.29) is 5.82 Å². The first kappa shape index (κ1) is 15.4. The van der Waals surface area contributed by atoms with E-state index in [1.807, 2.05) is 0 Å². The third-order valence-corrected chi connectivity index (χ3v) is 2.60. The first-order valence-electron chi connectivity index (χ1n) is 6.32. The van der Waals surface area contributed by atoms with Crippen molar-refractivity contribution < 1.29 is 18.7 Å². The van der Waals surface area contributed by atoms with Crippen molar-refractivity contribution in [1.82, 2.24) is 5.32 Å². The van der Waals surface area contributed by atoms with Crippen LogP contribution in [0.5, 0.6) is 5.75 Å². The lowest BCUT2D eigenvalue weighted by molar-refractivity contribution is -0.147. The van der Waals surface area contributed by atoms with Gasteiger partial charge in [-0.15, -0.1) is 0 Å². The molecule has 0 saturated heterocycles. The van der Waals surface area contributed by atoms with Gasteiger partial charge >= 0.3 is 5.97 Å². The molecule has 0 spiro atoms. The van der Waals surface area contributed by atoms with Crippen LogP contribution in [0.1, 0.15) is 25.8 Å². The molecule has 5 heteroatoms. The fourth-order valence-electron chi connectivity index (χ4n) is 1.61. The molecule has 0 amide bonds. The van der Waals surface area contributed by atoms with Crippen molar-refractivity contribution >= 4 is 5.97 Å². The molecule has 1 atom stereocenters. The third kappa shape index (κ3) is 4.87. The minimum Gasteiger partial charge on any atom is -0.479 e. The molecule has 0 aliphatic heterocycles. The summed E-state index contributed by atoms with van der Waals surface area (Å²) in [4.78, 5) is 11.3. The Labute approximate surface area is 112 Å². The minimum absolute atomic E-state index is 0.327. The van der Waals surface area contributed by atoms with Crippen LogP contribution in [-0.2, 0) is 16.1 Å². The van der Waals surface area contributed by atoms with Crippen molar-refractivity contribution in [2.24, 2.45) is 0 Å². The third-order valence-electron chi connectivity index (χ3n) is 2.60. The largest absolute Gasteiger partial charge is 0.479 e. The maximum atomic E-state index is 13.2. The summed E-state index contributed by atoms with van der Waals surface area (Å²) in [5, 5.41) is 3.17. The van der Waals surface area contributed by atoms with Crippen molar-refractivity contribution in [3.05, 3.63) is 29.6 Å². The van der Waals surface area contributed by atoms with Crippen LogP contribution in [0.15, 0.2) is 18.2 Å². The standard InChI is InChI=1S/C14H20FNO3/c1-4-7-16-9-11-8-12(15)5-6-13(11)19-10(2)14(17)18-3/h5-6,8,10,16H,4,7,9H2,1-3H3. The number of halogens is 1. The minimum atomic E-state index is -0.722. The highest BCUT2D eigenvalue weighted by Gasteiger charge is 2.16. The molecule has 0 aliphatic rings. The van der Waals surface area contributed by atoms with Gasteiger partial charge in [-0.3, -0.25) is 0 Å². The molecular weight excluding hydrogens is 249 g/mol. The smallest absolute Gasteiger partial charge is 0.346 e. The van der Waals surface area contributed by atoms with Crippen molar-refractivity contribution in [2.75, 3.05) is 13.7 Å². The molecule has 1 aromatic carbocycles. The van der Waals surface area contributed by atoms with E-state index in [0.29, 0.717) is 17.9 Å². The lowest BCUT2D eigenvalue weighted by Gasteiger charge is -2.16. The number of nitrogens with one attached hydrogen (secondary N) is 1. The highest BCUT2D eigenvalue weighted by molar-refractivity contribution is 5.74. The maximum absolute atomic E-state index is 13.2. The van der Waals surface area contributed by atoms with E-state index in [1.54, 1.807) is 6.92 Å². The van der Waals surface area contributed by atoms with Crippen molar-refractivity contribution in [1.29, 1.82) is 0 Å². The van der Waals surface area contributed by atoms with E-state index >= 15 is 0 Å². The van der Waals surface area contributed by atoms with Crippen LogP contribution in [0.2, 0.25) is 0 Å². The fourth-order valence-corrected chi connectivity index (χ4v) is 1.61. The number of carbonyl (C=O) groups is 1. The highest BCUT2D eigenvalue weighted by Crippen LogP contribution is 2.21. The molecule has 1 rings (SSSR count). The van der Waals surface area contributed by atoms with Crippen molar-refractivity contribution in [2.45, 2.75) is 32.9 Å². The average molecular weight is 269 g/mol. The second-order valence-electron chi connectivity index (χ2n) is 4.21. The van der Waals surface area contributed by atoms with E-state index < -0.39 is 12.1 Å². The van der Waals surface area contributed by atoms with Crippen LogP contribution < -0.4 is 10.1 Å². The van der Waals surface area contributed by atoms with Gasteiger partial charge in [-0.25, -0.2) is 9.18 Å². The second kappa shape index (κ2) is 7.74. The molecule has 106 valence electrons. The maximum Gasteiger partial charge on any atom is 0.346 e. The number of benzene rings is 1. The number of hydrogen-bond donors (Lipinski definition) is 1. The number of hydrogen-bond acceptors (Lipinski definition) is 4. The summed E-state index contributed by atoms with van der Waals surface area (Å²) in [6, 6.07) is 4.24.